The van der Waals surface area contributed by atoms with Crippen molar-refractivity contribution in [3.63, 3.8) is 0 Å². The normalized spacial score (nSPS) is 9.73. The first-order chi connectivity index (χ1) is 5.11. The summed E-state index contributed by atoms with van der Waals surface area (Å²) in [6, 6.07) is 1.49. The van der Waals surface area contributed by atoms with Crippen molar-refractivity contribution in [3.05, 3.63) is 29.3 Å². The number of Topliss-reactive ketones (excluding diaryl/α,β-unsaturated/α-hetero) is 1. The van der Waals surface area contributed by atoms with Gasteiger partial charge in [0.05, 0.1) is 5.56 Å². The van der Waals surface area contributed by atoms with E-state index in [4.69, 9.17) is 0 Å². The summed E-state index contributed by atoms with van der Waals surface area (Å²) in [7, 11) is 0. The molecule has 11 heavy (non-hydrogen) atoms. The van der Waals surface area contributed by atoms with E-state index in [0.29, 0.717) is 0 Å². The highest BCUT2D eigenvalue weighted by Gasteiger charge is 2.07. The molecule has 0 aliphatic carbocycles. The Labute approximate surface area is 64.1 Å². The molecule has 0 saturated heterocycles. The molecule has 0 unspecified atom stereocenters. The molecule has 0 spiro atoms. The molecule has 3 heteroatoms. The van der Waals surface area contributed by atoms with Crippen LogP contribution < -0.4 is 0 Å². The van der Waals surface area contributed by atoms with Crippen LogP contribution in [-0.4, -0.2) is 10.8 Å². The molecule has 1 rings (SSSR count). The lowest BCUT2D eigenvalue weighted by molar-refractivity contribution is 0.101. The lowest BCUT2D eigenvalue weighted by Gasteiger charge is -1.97. The second kappa shape index (κ2) is 2.78. The van der Waals surface area contributed by atoms with Gasteiger partial charge in [-0.25, -0.2) is 4.98 Å². The fourth-order valence-electron chi connectivity index (χ4n) is 0.799. The quantitative estimate of drug-likeness (QED) is 0.454. The minimum atomic E-state index is -0.692. The number of aromatic nitrogens is 1. The van der Waals surface area contributed by atoms with Crippen molar-refractivity contribution in [2.75, 3.05) is 0 Å². The van der Waals surface area contributed by atoms with E-state index in [1.807, 2.05) is 0 Å². The monoisotopic (exact) mass is 153 g/mol. The van der Waals surface area contributed by atoms with Gasteiger partial charge in [-0.2, -0.15) is 4.39 Å². The van der Waals surface area contributed by atoms with Gasteiger partial charge in [-0.1, -0.05) is 0 Å². The average molecular weight is 153 g/mol. The van der Waals surface area contributed by atoms with Gasteiger partial charge in [0.1, 0.15) is 0 Å². The van der Waals surface area contributed by atoms with Crippen LogP contribution in [0.4, 0.5) is 4.39 Å². The predicted molar refractivity (Wildman–Crippen MR) is 38.9 cm³/mol. The van der Waals surface area contributed by atoms with Gasteiger partial charge in [0, 0.05) is 6.20 Å². The van der Waals surface area contributed by atoms with Crippen molar-refractivity contribution in [2.24, 2.45) is 0 Å². The van der Waals surface area contributed by atoms with Crippen molar-refractivity contribution < 1.29 is 9.18 Å². The highest BCUT2D eigenvalue weighted by molar-refractivity contribution is 5.94. The molecule has 0 bridgehead atoms. The molecule has 1 aromatic rings. The second-order valence-corrected chi connectivity index (χ2v) is 2.41. The minimum Gasteiger partial charge on any atom is -0.294 e. The zero-order chi connectivity index (χ0) is 8.43. The molecule has 2 nitrogen and oxygen atoms in total. The molecule has 58 valence electrons. The molecular formula is C8H8FNO. The molecule has 0 radical (unpaired) electrons. The molecule has 0 N–H and O–H groups in total. The van der Waals surface area contributed by atoms with E-state index < -0.39 is 5.95 Å². The van der Waals surface area contributed by atoms with Crippen molar-refractivity contribution >= 4 is 5.78 Å². The Morgan fingerprint density at radius 1 is 1.64 bits per heavy atom. The third kappa shape index (κ3) is 1.61. The zero-order valence-electron chi connectivity index (χ0n) is 6.39. The third-order valence-electron chi connectivity index (χ3n) is 1.36. The Hall–Kier alpha value is -1.25. The van der Waals surface area contributed by atoms with E-state index >= 15 is 0 Å². The fourth-order valence-corrected chi connectivity index (χ4v) is 0.799. The molecule has 1 heterocycles. The maximum atomic E-state index is 12.7. The Morgan fingerprint density at radius 2 is 2.27 bits per heavy atom. The summed E-state index contributed by atoms with van der Waals surface area (Å²) in [5, 5.41) is 0. The summed E-state index contributed by atoms with van der Waals surface area (Å²) in [5.41, 5.74) is 0.849. The van der Waals surface area contributed by atoms with E-state index in [1.165, 1.54) is 19.2 Å². The number of halogens is 1. The van der Waals surface area contributed by atoms with Crippen LogP contribution in [0.5, 0.6) is 0 Å². The summed E-state index contributed by atoms with van der Waals surface area (Å²) < 4.78 is 12.7. The molecule has 1 aromatic heterocycles. The van der Waals surface area contributed by atoms with E-state index in [2.05, 4.69) is 4.98 Å². The number of rotatable bonds is 1. The van der Waals surface area contributed by atoms with Gasteiger partial charge in [0.2, 0.25) is 5.95 Å². The maximum absolute atomic E-state index is 12.7. The van der Waals surface area contributed by atoms with E-state index in [1.54, 1.807) is 6.92 Å². The van der Waals surface area contributed by atoms with Gasteiger partial charge in [0.25, 0.3) is 0 Å². The van der Waals surface area contributed by atoms with Crippen molar-refractivity contribution in [2.45, 2.75) is 13.8 Å². The first-order valence-electron chi connectivity index (χ1n) is 3.24. The first kappa shape index (κ1) is 7.85. The standard InChI is InChI=1S/C8H8FNO/c1-5-3-7(6(2)11)8(9)10-4-5/h3-4H,1-2H3. The number of hydrogen-bond acceptors (Lipinski definition) is 2. The lowest BCUT2D eigenvalue weighted by Crippen LogP contribution is -1.99. The smallest absolute Gasteiger partial charge is 0.223 e. The van der Waals surface area contributed by atoms with Crippen molar-refractivity contribution in [1.82, 2.24) is 4.98 Å². The van der Waals surface area contributed by atoms with Crippen LogP contribution in [0.25, 0.3) is 0 Å². The molecule has 0 saturated carbocycles. The summed E-state index contributed by atoms with van der Waals surface area (Å²) in [6.07, 6.45) is 1.39. The number of carbonyl (C=O) groups excluding carboxylic acids is 1. The molecule has 0 amide bonds. The summed E-state index contributed by atoms with van der Waals surface area (Å²) in [6.45, 7) is 3.08. The lowest BCUT2D eigenvalue weighted by atomic mass is 10.1. The summed E-state index contributed by atoms with van der Waals surface area (Å²) >= 11 is 0. The Bertz CT molecular complexity index is 296. The van der Waals surface area contributed by atoms with E-state index in [0.717, 1.165) is 5.56 Å². The Morgan fingerprint density at radius 3 is 2.73 bits per heavy atom. The van der Waals surface area contributed by atoms with Crippen LogP contribution >= 0.6 is 0 Å². The number of ketones is 1. The van der Waals surface area contributed by atoms with E-state index in [-0.39, 0.29) is 11.3 Å². The highest BCUT2D eigenvalue weighted by Crippen LogP contribution is 2.06. The van der Waals surface area contributed by atoms with Gasteiger partial charge in [-0.15, -0.1) is 0 Å². The number of nitrogens with zero attached hydrogens (tertiary/aromatic N) is 1. The number of hydrogen-bond donors (Lipinski definition) is 0. The van der Waals surface area contributed by atoms with Crippen LogP contribution in [0, 0.1) is 12.9 Å². The van der Waals surface area contributed by atoms with Gasteiger partial charge < -0.3 is 0 Å². The highest BCUT2D eigenvalue weighted by atomic mass is 19.1. The molecule has 0 atom stereocenters. The zero-order valence-corrected chi connectivity index (χ0v) is 6.39. The number of pyridine rings is 1. The van der Waals surface area contributed by atoms with Crippen molar-refractivity contribution in [3.8, 4) is 0 Å². The van der Waals surface area contributed by atoms with Crippen molar-refractivity contribution in [1.29, 1.82) is 0 Å². The summed E-state index contributed by atoms with van der Waals surface area (Å²) in [5.74, 6) is -0.984. The molecule has 0 aromatic carbocycles. The van der Waals surface area contributed by atoms with E-state index in [9.17, 15) is 9.18 Å². The maximum Gasteiger partial charge on any atom is 0.223 e. The molecule has 0 aliphatic rings. The fraction of sp³-hybridized carbons (Fsp3) is 0.250. The van der Waals surface area contributed by atoms with Gasteiger partial charge >= 0.3 is 0 Å². The second-order valence-electron chi connectivity index (χ2n) is 2.41. The van der Waals surface area contributed by atoms with Crippen LogP contribution in [0.2, 0.25) is 0 Å². The molecular weight excluding hydrogens is 145 g/mol. The van der Waals surface area contributed by atoms with Crippen LogP contribution in [-0.2, 0) is 0 Å². The Balaban J connectivity index is 3.23. The van der Waals surface area contributed by atoms with Gasteiger partial charge in [-0.3, -0.25) is 4.79 Å². The SMILES string of the molecule is CC(=O)c1cc(C)cnc1F. The third-order valence-corrected chi connectivity index (χ3v) is 1.36. The van der Waals surface area contributed by atoms with Gasteiger partial charge in [0.15, 0.2) is 5.78 Å². The molecule has 0 fully saturated rings. The predicted octanol–water partition coefficient (Wildman–Crippen LogP) is 1.73. The first-order valence-corrected chi connectivity index (χ1v) is 3.24. The average Bonchev–Trinajstić information content (AvgIpc) is 1.94. The Kier molecular flexibility index (Phi) is 1.98. The van der Waals surface area contributed by atoms with Gasteiger partial charge in [-0.05, 0) is 25.5 Å². The van der Waals surface area contributed by atoms with Crippen LogP contribution in [0.1, 0.15) is 22.8 Å². The van der Waals surface area contributed by atoms with Crippen LogP contribution in [0.3, 0.4) is 0 Å². The number of carbonyl (C=O) groups is 1. The topological polar surface area (TPSA) is 30.0 Å². The van der Waals surface area contributed by atoms with Crippen LogP contribution in [0.15, 0.2) is 12.3 Å². The number of aryl methyl sites for hydroxylation is 1. The summed E-state index contributed by atoms with van der Waals surface area (Å²) in [4.78, 5) is 14.2. The molecule has 0 aliphatic heterocycles. The largest absolute Gasteiger partial charge is 0.294 e. The minimum absolute atomic E-state index is 0.0602.